The van der Waals surface area contributed by atoms with Crippen LogP contribution in [0.3, 0.4) is 0 Å². The van der Waals surface area contributed by atoms with Gasteiger partial charge < -0.3 is 14.8 Å². The summed E-state index contributed by atoms with van der Waals surface area (Å²) in [6.45, 7) is -0.235. The highest BCUT2D eigenvalue weighted by Crippen LogP contribution is 2.18. The van der Waals surface area contributed by atoms with Crippen LogP contribution in [-0.4, -0.2) is 25.5 Å². The average Bonchev–Trinajstić information content (AvgIpc) is 2.60. The molecular formula is C16H17N3O4. The van der Waals surface area contributed by atoms with E-state index in [1.165, 1.54) is 0 Å². The second kappa shape index (κ2) is 7.81. The fourth-order valence-electron chi connectivity index (χ4n) is 1.87. The van der Waals surface area contributed by atoms with Crippen molar-refractivity contribution in [1.82, 2.24) is 5.43 Å². The summed E-state index contributed by atoms with van der Waals surface area (Å²) in [5.41, 5.74) is 2.90. The summed E-state index contributed by atoms with van der Waals surface area (Å²) in [5.74, 6) is 5.24. The number of amides is 2. The number of anilines is 1. The number of benzene rings is 2. The van der Waals surface area contributed by atoms with Crippen molar-refractivity contribution in [2.45, 2.75) is 0 Å². The largest absolute Gasteiger partial charge is 0.497 e. The fraction of sp³-hybridized carbons (Fsp3) is 0.125. The standard InChI is InChI=1S/C16H17N3O4/c1-22-12-8-6-11(7-9-12)18-15(20)10-23-14-5-3-2-4-13(14)16(21)19-17/h2-9H,10,17H2,1H3,(H,18,20)(H,19,21). The molecule has 7 nitrogen and oxygen atoms in total. The molecule has 2 rings (SSSR count). The Bertz CT molecular complexity index is 686. The normalized spacial score (nSPS) is 9.83. The van der Waals surface area contributed by atoms with E-state index < -0.39 is 5.91 Å². The average molecular weight is 315 g/mol. The first-order valence-electron chi connectivity index (χ1n) is 6.80. The minimum absolute atomic E-state index is 0.235. The van der Waals surface area contributed by atoms with E-state index in [4.69, 9.17) is 15.3 Å². The molecule has 0 bridgehead atoms. The molecule has 2 amide bonds. The Balaban J connectivity index is 1.95. The molecule has 0 aliphatic carbocycles. The van der Waals surface area contributed by atoms with Crippen LogP contribution in [0.25, 0.3) is 0 Å². The van der Waals surface area contributed by atoms with Crippen molar-refractivity contribution >= 4 is 17.5 Å². The van der Waals surface area contributed by atoms with Crippen molar-refractivity contribution in [2.75, 3.05) is 19.0 Å². The van der Waals surface area contributed by atoms with Crippen LogP contribution in [0.15, 0.2) is 48.5 Å². The van der Waals surface area contributed by atoms with Gasteiger partial charge in [-0.2, -0.15) is 0 Å². The zero-order valence-corrected chi connectivity index (χ0v) is 12.5. The van der Waals surface area contributed by atoms with Gasteiger partial charge >= 0.3 is 0 Å². The second-order valence-electron chi connectivity index (χ2n) is 4.53. The zero-order valence-electron chi connectivity index (χ0n) is 12.5. The van der Waals surface area contributed by atoms with Crippen LogP contribution in [0.5, 0.6) is 11.5 Å². The number of carbonyl (C=O) groups is 2. The number of nitrogens with one attached hydrogen (secondary N) is 2. The van der Waals surface area contributed by atoms with E-state index >= 15 is 0 Å². The smallest absolute Gasteiger partial charge is 0.268 e. The van der Waals surface area contributed by atoms with Crippen LogP contribution in [0.2, 0.25) is 0 Å². The topological polar surface area (TPSA) is 103 Å². The molecule has 0 aliphatic heterocycles. The first kappa shape index (κ1) is 16.3. The summed E-state index contributed by atoms with van der Waals surface area (Å²) in [6.07, 6.45) is 0. The maximum Gasteiger partial charge on any atom is 0.268 e. The first-order chi connectivity index (χ1) is 11.1. The third kappa shape index (κ3) is 4.45. The van der Waals surface area contributed by atoms with Gasteiger partial charge in [0.2, 0.25) is 0 Å². The second-order valence-corrected chi connectivity index (χ2v) is 4.53. The SMILES string of the molecule is COc1ccc(NC(=O)COc2ccccc2C(=O)NN)cc1. The summed E-state index contributed by atoms with van der Waals surface area (Å²) in [6, 6.07) is 13.4. The van der Waals surface area contributed by atoms with Gasteiger partial charge in [-0.05, 0) is 36.4 Å². The van der Waals surface area contributed by atoms with Crippen molar-refractivity contribution in [2.24, 2.45) is 5.84 Å². The van der Waals surface area contributed by atoms with Gasteiger partial charge in [0.25, 0.3) is 11.8 Å². The Kier molecular flexibility index (Phi) is 5.54. The molecule has 2 aromatic rings. The van der Waals surface area contributed by atoms with Crippen molar-refractivity contribution < 1.29 is 19.1 Å². The Morgan fingerprint density at radius 1 is 1.09 bits per heavy atom. The number of ether oxygens (including phenoxy) is 2. The number of rotatable bonds is 6. The lowest BCUT2D eigenvalue weighted by Gasteiger charge is -2.11. The van der Waals surface area contributed by atoms with Crippen LogP contribution in [0.4, 0.5) is 5.69 Å². The lowest BCUT2D eigenvalue weighted by atomic mass is 10.2. The molecule has 0 aromatic heterocycles. The molecule has 0 heterocycles. The Hall–Kier alpha value is -3.06. The van der Waals surface area contributed by atoms with Crippen molar-refractivity contribution in [3.8, 4) is 11.5 Å². The van der Waals surface area contributed by atoms with Gasteiger partial charge in [0.1, 0.15) is 11.5 Å². The number of nitrogen functional groups attached to an aromatic ring is 1. The van der Waals surface area contributed by atoms with Gasteiger partial charge in [0.05, 0.1) is 12.7 Å². The predicted octanol–water partition coefficient (Wildman–Crippen LogP) is 1.32. The first-order valence-corrected chi connectivity index (χ1v) is 6.80. The van der Waals surface area contributed by atoms with E-state index in [0.29, 0.717) is 11.4 Å². The van der Waals surface area contributed by atoms with E-state index in [-0.39, 0.29) is 23.8 Å². The fourth-order valence-corrected chi connectivity index (χ4v) is 1.87. The third-order valence-electron chi connectivity index (χ3n) is 3.00. The number of hydrogen-bond donors (Lipinski definition) is 3. The van der Waals surface area contributed by atoms with E-state index in [1.54, 1.807) is 55.6 Å². The monoisotopic (exact) mass is 315 g/mol. The van der Waals surface area contributed by atoms with Crippen LogP contribution in [-0.2, 0) is 4.79 Å². The van der Waals surface area contributed by atoms with E-state index in [2.05, 4.69) is 5.32 Å². The molecule has 2 aromatic carbocycles. The molecular weight excluding hydrogens is 298 g/mol. The summed E-state index contributed by atoms with van der Waals surface area (Å²) in [5, 5.41) is 2.68. The Labute approximate surface area is 133 Å². The molecule has 23 heavy (non-hydrogen) atoms. The highest BCUT2D eigenvalue weighted by molar-refractivity contribution is 5.97. The molecule has 0 atom stereocenters. The maximum atomic E-state index is 11.9. The minimum atomic E-state index is -0.490. The number of para-hydroxylation sites is 1. The molecule has 4 N–H and O–H groups in total. The maximum absolute atomic E-state index is 11.9. The third-order valence-corrected chi connectivity index (χ3v) is 3.00. The van der Waals surface area contributed by atoms with Gasteiger partial charge in [-0.25, -0.2) is 5.84 Å². The van der Waals surface area contributed by atoms with Crippen molar-refractivity contribution in [3.05, 3.63) is 54.1 Å². The molecule has 0 fully saturated rings. The molecule has 0 radical (unpaired) electrons. The number of hydrazine groups is 1. The zero-order chi connectivity index (χ0) is 16.7. The molecule has 0 unspecified atom stereocenters. The molecule has 7 heteroatoms. The molecule has 0 aliphatic rings. The van der Waals surface area contributed by atoms with Gasteiger partial charge in [-0.3, -0.25) is 15.0 Å². The highest BCUT2D eigenvalue weighted by atomic mass is 16.5. The Morgan fingerprint density at radius 3 is 2.43 bits per heavy atom. The molecule has 0 saturated heterocycles. The van der Waals surface area contributed by atoms with Gasteiger partial charge in [-0.15, -0.1) is 0 Å². The van der Waals surface area contributed by atoms with E-state index in [1.807, 2.05) is 5.43 Å². The molecule has 120 valence electrons. The summed E-state index contributed by atoms with van der Waals surface area (Å²) >= 11 is 0. The lowest BCUT2D eigenvalue weighted by molar-refractivity contribution is -0.118. The van der Waals surface area contributed by atoms with Crippen LogP contribution >= 0.6 is 0 Å². The number of nitrogens with two attached hydrogens (primary N) is 1. The van der Waals surface area contributed by atoms with Gasteiger partial charge in [-0.1, -0.05) is 12.1 Å². The summed E-state index contributed by atoms with van der Waals surface area (Å²) in [7, 11) is 1.57. The quantitative estimate of drug-likeness (QED) is 0.424. The number of hydrogen-bond acceptors (Lipinski definition) is 5. The van der Waals surface area contributed by atoms with Gasteiger partial charge in [0.15, 0.2) is 6.61 Å². The van der Waals surface area contributed by atoms with E-state index in [0.717, 1.165) is 0 Å². The minimum Gasteiger partial charge on any atom is -0.497 e. The van der Waals surface area contributed by atoms with Crippen molar-refractivity contribution in [1.29, 1.82) is 0 Å². The predicted molar refractivity (Wildman–Crippen MR) is 85.2 cm³/mol. The summed E-state index contributed by atoms with van der Waals surface area (Å²) in [4.78, 5) is 23.5. The van der Waals surface area contributed by atoms with E-state index in [9.17, 15) is 9.59 Å². The van der Waals surface area contributed by atoms with Gasteiger partial charge in [0, 0.05) is 5.69 Å². The molecule has 0 spiro atoms. The highest BCUT2D eigenvalue weighted by Gasteiger charge is 2.12. The van der Waals surface area contributed by atoms with Crippen molar-refractivity contribution in [3.63, 3.8) is 0 Å². The Morgan fingerprint density at radius 2 is 1.78 bits per heavy atom. The van der Waals surface area contributed by atoms with Crippen LogP contribution < -0.4 is 26.1 Å². The van der Waals surface area contributed by atoms with Crippen LogP contribution in [0, 0.1) is 0 Å². The lowest BCUT2D eigenvalue weighted by Crippen LogP contribution is -2.30. The number of methoxy groups -OCH3 is 1. The summed E-state index contributed by atoms with van der Waals surface area (Å²) < 4.78 is 10.4. The number of carbonyl (C=O) groups excluding carboxylic acids is 2. The molecule has 0 saturated carbocycles. The van der Waals surface area contributed by atoms with Crippen LogP contribution in [0.1, 0.15) is 10.4 Å².